The van der Waals surface area contributed by atoms with Crippen LogP contribution in [-0.4, -0.2) is 33.3 Å². The van der Waals surface area contributed by atoms with Crippen LogP contribution in [0.2, 0.25) is 5.02 Å². The molecule has 0 atom stereocenters. The molecule has 3 N–H and O–H groups in total. The molecule has 1 amide bonds. The van der Waals surface area contributed by atoms with E-state index in [0.717, 1.165) is 10.6 Å². The summed E-state index contributed by atoms with van der Waals surface area (Å²) in [6.45, 7) is 0.178. The molecule has 2 aromatic rings. The summed E-state index contributed by atoms with van der Waals surface area (Å²) in [6.07, 6.45) is 1.21. The Labute approximate surface area is 120 Å². The Kier molecular flexibility index (Phi) is 4.16. The lowest BCUT2D eigenvalue weighted by Gasteiger charge is -2.19. The van der Waals surface area contributed by atoms with E-state index in [1.54, 1.807) is 24.3 Å². The molecule has 0 aliphatic carbocycles. The number of H-pyrrole nitrogens is 1. The summed E-state index contributed by atoms with van der Waals surface area (Å²) in [5.74, 6) is -1.54. The monoisotopic (exact) mass is 296 g/mol. The molecule has 7 heteroatoms. The van der Waals surface area contributed by atoms with E-state index in [9.17, 15) is 15.0 Å². The van der Waals surface area contributed by atoms with Crippen molar-refractivity contribution in [2.75, 3.05) is 7.11 Å². The van der Waals surface area contributed by atoms with Gasteiger partial charge in [-0.05, 0) is 17.7 Å². The fraction of sp³-hybridized carbons (Fsp3) is 0.154. The average Bonchev–Trinajstić information content (AvgIpc) is 2.78. The SMILES string of the molecule is CON(Cc1ccc(Cl)cc1)C(=O)c1c[nH]c(O)c1O. The smallest absolute Gasteiger partial charge is 0.283 e. The molecule has 0 bridgehead atoms. The number of carbonyl (C=O) groups excluding carboxylic acids is 1. The molecular weight excluding hydrogens is 284 g/mol. The summed E-state index contributed by atoms with van der Waals surface area (Å²) in [5.41, 5.74) is 0.738. The molecule has 0 unspecified atom stereocenters. The predicted molar refractivity (Wildman–Crippen MR) is 72.5 cm³/mol. The number of hydrogen-bond donors (Lipinski definition) is 3. The van der Waals surface area contributed by atoms with Gasteiger partial charge in [0.25, 0.3) is 5.91 Å². The molecule has 1 aromatic heterocycles. The van der Waals surface area contributed by atoms with E-state index in [-0.39, 0.29) is 12.1 Å². The van der Waals surface area contributed by atoms with Crippen LogP contribution < -0.4 is 0 Å². The molecule has 0 saturated carbocycles. The van der Waals surface area contributed by atoms with Crippen LogP contribution in [0.15, 0.2) is 30.5 Å². The first-order valence-corrected chi connectivity index (χ1v) is 6.10. The zero-order valence-corrected chi connectivity index (χ0v) is 11.4. The molecule has 0 radical (unpaired) electrons. The number of hydroxylamine groups is 2. The number of halogens is 1. The van der Waals surface area contributed by atoms with Crippen molar-refractivity contribution >= 4 is 17.5 Å². The number of rotatable bonds is 4. The van der Waals surface area contributed by atoms with Crippen molar-refractivity contribution in [2.24, 2.45) is 0 Å². The Balaban J connectivity index is 2.17. The topological polar surface area (TPSA) is 85.8 Å². The van der Waals surface area contributed by atoms with E-state index in [4.69, 9.17) is 16.4 Å². The summed E-state index contributed by atoms with van der Waals surface area (Å²) in [6, 6.07) is 6.93. The Hall–Kier alpha value is -2.18. The first-order valence-electron chi connectivity index (χ1n) is 5.72. The number of aromatic nitrogens is 1. The maximum atomic E-state index is 12.2. The van der Waals surface area contributed by atoms with Crippen molar-refractivity contribution in [3.63, 3.8) is 0 Å². The zero-order valence-electron chi connectivity index (χ0n) is 10.6. The largest absolute Gasteiger partial charge is 0.503 e. The van der Waals surface area contributed by atoms with Crippen LogP contribution in [0.1, 0.15) is 15.9 Å². The maximum Gasteiger partial charge on any atom is 0.283 e. The second-order valence-corrected chi connectivity index (χ2v) is 4.49. The second kappa shape index (κ2) is 5.85. The third-order valence-corrected chi connectivity index (χ3v) is 3.00. The number of benzene rings is 1. The summed E-state index contributed by atoms with van der Waals surface area (Å²) < 4.78 is 0. The van der Waals surface area contributed by atoms with Crippen molar-refractivity contribution < 1.29 is 19.8 Å². The van der Waals surface area contributed by atoms with Gasteiger partial charge in [-0.15, -0.1) is 0 Å². The molecule has 0 fully saturated rings. The highest BCUT2D eigenvalue weighted by Crippen LogP contribution is 2.28. The third-order valence-electron chi connectivity index (χ3n) is 2.75. The van der Waals surface area contributed by atoms with Gasteiger partial charge in [-0.3, -0.25) is 9.63 Å². The number of aromatic hydroxyl groups is 2. The molecule has 1 aromatic carbocycles. The second-order valence-electron chi connectivity index (χ2n) is 4.05. The summed E-state index contributed by atoms with van der Waals surface area (Å²) in [5, 5.41) is 20.4. The number of carbonyl (C=O) groups is 1. The van der Waals surface area contributed by atoms with Gasteiger partial charge in [-0.1, -0.05) is 23.7 Å². The van der Waals surface area contributed by atoms with Crippen LogP contribution in [0.3, 0.4) is 0 Å². The lowest BCUT2D eigenvalue weighted by atomic mass is 10.2. The molecule has 0 spiro atoms. The van der Waals surface area contributed by atoms with Crippen LogP contribution in [0.4, 0.5) is 0 Å². The van der Waals surface area contributed by atoms with Crippen molar-refractivity contribution in [1.29, 1.82) is 0 Å². The quantitative estimate of drug-likeness (QED) is 0.756. The van der Waals surface area contributed by atoms with Gasteiger partial charge in [0, 0.05) is 11.2 Å². The molecule has 0 aliphatic rings. The maximum absolute atomic E-state index is 12.2. The fourth-order valence-corrected chi connectivity index (χ4v) is 1.80. The van der Waals surface area contributed by atoms with Gasteiger partial charge in [0.1, 0.15) is 5.56 Å². The fourth-order valence-electron chi connectivity index (χ4n) is 1.68. The van der Waals surface area contributed by atoms with E-state index in [0.29, 0.717) is 5.02 Å². The summed E-state index contributed by atoms with van der Waals surface area (Å²) in [7, 11) is 1.34. The average molecular weight is 297 g/mol. The lowest BCUT2D eigenvalue weighted by Crippen LogP contribution is -2.29. The highest BCUT2D eigenvalue weighted by molar-refractivity contribution is 6.30. The molecule has 106 valence electrons. The number of nitrogens with one attached hydrogen (secondary N) is 1. The van der Waals surface area contributed by atoms with Gasteiger partial charge in [-0.25, -0.2) is 5.06 Å². The molecule has 2 rings (SSSR count). The van der Waals surface area contributed by atoms with Gasteiger partial charge in [0.05, 0.1) is 13.7 Å². The first kappa shape index (κ1) is 14.2. The van der Waals surface area contributed by atoms with E-state index >= 15 is 0 Å². The van der Waals surface area contributed by atoms with Crippen molar-refractivity contribution in [2.45, 2.75) is 6.54 Å². The number of nitrogens with zero attached hydrogens (tertiary/aromatic N) is 1. The Bertz CT molecular complexity index is 609. The van der Waals surface area contributed by atoms with E-state index in [1.165, 1.54) is 13.3 Å². The van der Waals surface area contributed by atoms with Crippen LogP contribution in [0.5, 0.6) is 11.6 Å². The standard InChI is InChI=1S/C13H13ClN2O4/c1-20-16(7-8-2-4-9(14)5-3-8)13(19)10-6-15-12(18)11(10)17/h2-6,15,17-18H,7H2,1H3. The first-order chi connectivity index (χ1) is 9.52. The van der Waals surface area contributed by atoms with E-state index in [2.05, 4.69) is 4.98 Å². The summed E-state index contributed by atoms with van der Waals surface area (Å²) >= 11 is 5.79. The van der Waals surface area contributed by atoms with Crippen LogP contribution in [-0.2, 0) is 11.4 Å². The van der Waals surface area contributed by atoms with Crippen molar-refractivity contribution in [3.05, 3.63) is 46.6 Å². The van der Waals surface area contributed by atoms with Gasteiger partial charge >= 0.3 is 0 Å². The number of aromatic amines is 1. The predicted octanol–water partition coefficient (Wildman–Crippen LogP) is 2.28. The van der Waals surface area contributed by atoms with Gasteiger partial charge < -0.3 is 15.2 Å². The minimum atomic E-state index is -0.573. The lowest BCUT2D eigenvalue weighted by molar-refractivity contribution is -0.102. The van der Waals surface area contributed by atoms with Gasteiger partial charge in [-0.2, -0.15) is 0 Å². The minimum absolute atomic E-state index is 0.0710. The normalized spacial score (nSPS) is 10.5. The van der Waals surface area contributed by atoms with Crippen LogP contribution in [0.25, 0.3) is 0 Å². The van der Waals surface area contributed by atoms with Gasteiger partial charge in [0.2, 0.25) is 5.88 Å². The molecule has 20 heavy (non-hydrogen) atoms. The highest BCUT2D eigenvalue weighted by atomic mass is 35.5. The highest BCUT2D eigenvalue weighted by Gasteiger charge is 2.22. The molecular formula is C13H13ClN2O4. The Morgan fingerprint density at radius 2 is 2.00 bits per heavy atom. The minimum Gasteiger partial charge on any atom is -0.503 e. The number of amides is 1. The number of hydrogen-bond acceptors (Lipinski definition) is 4. The molecule has 6 nitrogen and oxygen atoms in total. The third kappa shape index (κ3) is 2.87. The molecule has 1 heterocycles. The van der Waals surface area contributed by atoms with Gasteiger partial charge in [0.15, 0.2) is 5.75 Å². The van der Waals surface area contributed by atoms with Crippen molar-refractivity contribution in [3.8, 4) is 11.6 Å². The molecule has 0 aliphatic heterocycles. The zero-order chi connectivity index (χ0) is 14.7. The van der Waals surface area contributed by atoms with Crippen LogP contribution >= 0.6 is 11.6 Å². The van der Waals surface area contributed by atoms with E-state index in [1.807, 2.05) is 0 Å². The van der Waals surface area contributed by atoms with Crippen molar-refractivity contribution in [1.82, 2.24) is 10.0 Å². The van der Waals surface area contributed by atoms with E-state index < -0.39 is 17.5 Å². The summed E-state index contributed by atoms with van der Waals surface area (Å²) in [4.78, 5) is 19.5. The molecule has 0 saturated heterocycles. The Morgan fingerprint density at radius 3 is 2.50 bits per heavy atom. The Morgan fingerprint density at radius 1 is 1.35 bits per heavy atom. The van der Waals surface area contributed by atoms with Crippen LogP contribution in [0, 0.1) is 0 Å².